The van der Waals surface area contributed by atoms with Gasteiger partial charge in [-0.2, -0.15) is 0 Å². The normalized spacial score (nSPS) is 11.1. The SMILES string of the molecule is C=C(F)/C=C\C(=C/C)Cc1nnc(-c2cn(N(C)C(=O)OC(C)(C)C)c(C(N)=O)c(OC)c2=O)s1.CC.CF. The van der Waals surface area contributed by atoms with E-state index in [2.05, 4.69) is 16.8 Å². The zero-order valence-corrected chi connectivity index (χ0v) is 24.6. The lowest BCUT2D eigenvalue weighted by atomic mass is 10.1. The number of methoxy groups -OCH3 is 1. The van der Waals surface area contributed by atoms with Gasteiger partial charge in [-0.25, -0.2) is 18.9 Å². The first-order chi connectivity index (χ1) is 18.3. The van der Waals surface area contributed by atoms with Crippen molar-refractivity contribution in [3.05, 3.63) is 63.3 Å². The molecule has 2 N–H and O–H groups in total. The summed E-state index contributed by atoms with van der Waals surface area (Å²) in [4.78, 5) is 38.0. The number of halogens is 2. The minimum absolute atomic E-state index is 0.0284. The summed E-state index contributed by atoms with van der Waals surface area (Å²) in [6.45, 7) is 14.0. The van der Waals surface area contributed by atoms with Crippen molar-refractivity contribution < 1.29 is 27.8 Å². The molecular formula is C26H37F2N5O5S. The highest BCUT2D eigenvalue weighted by molar-refractivity contribution is 7.14. The molecule has 2 amide bonds. The number of allylic oxidation sites excluding steroid dienone is 5. The first-order valence-corrected chi connectivity index (χ1v) is 12.6. The Hall–Kier alpha value is -3.87. The lowest BCUT2D eigenvalue weighted by Gasteiger charge is -2.28. The predicted molar refractivity (Wildman–Crippen MR) is 150 cm³/mol. The largest absolute Gasteiger partial charge is 0.491 e. The van der Waals surface area contributed by atoms with E-state index in [1.54, 1.807) is 39.8 Å². The molecule has 0 atom stereocenters. The van der Waals surface area contributed by atoms with Gasteiger partial charge < -0.3 is 15.2 Å². The zero-order valence-electron chi connectivity index (χ0n) is 23.8. The molecule has 0 bridgehead atoms. The number of hydrogen-bond acceptors (Lipinski definition) is 8. The van der Waals surface area contributed by atoms with Crippen LogP contribution in [-0.2, 0) is 11.2 Å². The summed E-state index contributed by atoms with van der Waals surface area (Å²) in [6, 6.07) is 0. The molecule has 39 heavy (non-hydrogen) atoms. The molecular weight excluding hydrogens is 532 g/mol. The third kappa shape index (κ3) is 10.1. The molecule has 0 unspecified atom stereocenters. The smallest absolute Gasteiger partial charge is 0.429 e. The molecule has 216 valence electrons. The maximum absolute atomic E-state index is 13.1. The molecule has 2 aromatic heterocycles. The van der Waals surface area contributed by atoms with Crippen molar-refractivity contribution in [2.75, 3.05) is 26.3 Å². The maximum Gasteiger partial charge on any atom is 0.429 e. The van der Waals surface area contributed by atoms with Gasteiger partial charge in [0.15, 0.2) is 16.5 Å². The summed E-state index contributed by atoms with van der Waals surface area (Å²) < 4.78 is 34.1. The Kier molecular flexibility index (Phi) is 14.6. The van der Waals surface area contributed by atoms with Crippen LogP contribution in [0.15, 0.2) is 47.2 Å². The molecule has 0 fully saturated rings. The Bertz CT molecular complexity index is 1260. The third-order valence-electron chi connectivity index (χ3n) is 4.47. The number of hydrogen-bond donors (Lipinski definition) is 1. The number of aromatic nitrogens is 3. The van der Waals surface area contributed by atoms with E-state index in [9.17, 15) is 23.2 Å². The quantitative estimate of drug-likeness (QED) is 0.437. The van der Waals surface area contributed by atoms with Gasteiger partial charge in [-0.3, -0.25) is 14.0 Å². The summed E-state index contributed by atoms with van der Waals surface area (Å²) in [5.74, 6) is -1.93. The molecule has 0 saturated heterocycles. The average Bonchev–Trinajstić information content (AvgIpc) is 3.35. The lowest BCUT2D eigenvalue weighted by molar-refractivity contribution is 0.0549. The van der Waals surface area contributed by atoms with Gasteiger partial charge in [-0.1, -0.05) is 43.9 Å². The van der Waals surface area contributed by atoms with E-state index in [4.69, 9.17) is 15.2 Å². The number of pyridine rings is 1. The van der Waals surface area contributed by atoms with Crippen LogP contribution in [0.1, 0.15) is 57.0 Å². The lowest BCUT2D eigenvalue weighted by Crippen LogP contribution is -2.44. The van der Waals surface area contributed by atoms with Crippen LogP contribution in [-0.4, -0.2) is 53.8 Å². The summed E-state index contributed by atoms with van der Waals surface area (Å²) in [5, 5.41) is 9.96. The minimum Gasteiger partial charge on any atom is -0.491 e. The molecule has 0 aliphatic carbocycles. The van der Waals surface area contributed by atoms with E-state index in [1.165, 1.54) is 26.4 Å². The van der Waals surface area contributed by atoms with Crippen LogP contribution in [0.25, 0.3) is 10.6 Å². The van der Waals surface area contributed by atoms with E-state index in [0.717, 1.165) is 26.6 Å². The molecule has 0 radical (unpaired) electrons. The van der Waals surface area contributed by atoms with E-state index in [1.807, 2.05) is 13.8 Å². The number of primary amides is 1. The third-order valence-corrected chi connectivity index (χ3v) is 5.42. The molecule has 2 aromatic rings. The fourth-order valence-electron chi connectivity index (χ4n) is 2.86. The van der Waals surface area contributed by atoms with Crippen molar-refractivity contribution in [1.82, 2.24) is 14.9 Å². The van der Waals surface area contributed by atoms with Crippen LogP contribution in [0.2, 0.25) is 0 Å². The van der Waals surface area contributed by atoms with E-state index >= 15 is 0 Å². The highest BCUT2D eigenvalue weighted by atomic mass is 32.1. The van der Waals surface area contributed by atoms with Crippen molar-refractivity contribution in [2.45, 2.75) is 53.6 Å². The van der Waals surface area contributed by atoms with E-state index < -0.39 is 28.9 Å². The van der Waals surface area contributed by atoms with Gasteiger partial charge in [0, 0.05) is 19.7 Å². The number of nitrogens with two attached hydrogens (primary N) is 1. The fourth-order valence-corrected chi connectivity index (χ4v) is 3.74. The van der Waals surface area contributed by atoms with Crippen LogP contribution in [0, 0.1) is 0 Å². The monoisotopic (exact) mass is 569 g/mol. The second-order valence-electron chi connectivity index (χ2n) is 8.29. The Balaban J connectivity index is 0.00000344. The van der Waals surface area contributed by atoms with Gasteiger partial charge in [0.25, 0.3) is 5.91 Å². The summed E-state index contributed by atoms with van der Waals surface area (Å²) >= 11 is 1.12. The second kappa shape index (κ2) is 16.2. The standard InChI is InChI=1S/C23H28FN5O5S.C2H6.CH3F/c1-8-14(10-9-13(2)24)11-16-26-27-21(35-16)15-12-29(28(6)22(32)34-23(3,4)5)17(20(25)31)19(33-7)18(15)30;2*1-2/h8-10,12H,2,11H2,1,3-7H3,(H2,25,31);1-2H3;1H3/b10-9-,14-8+;;. The molecule has 2 rings (SSSR count). The van der Waals surface area contributed by atoms with Crippen LogP contribution >= 0.6 is 11.3 Å². The van der Waals surface area contributed by atoms with Crippen LogP contribution in [0.3, 0.4) is 0 Å². The average molecular weight is 570 g/mol. The van der Waals surface area contributed by atoms with Crippen LogP contribution in [0.4, 0.5) is 13.6 Å². The number of carbonyl (C=O) groups is 2. The molecule has 2 heterocycles. The van der Waals surface area contributed by atoms with E-state index in [-0.39, 0.29) is 22.0 Å². The number of nitrogens with zero attached hydrogens (tertiary/aromatic N) is 4. The zero-order chi connectivity index (χ0) is 30.5. The van der Waals surface area contributed by atoms with Gasteiger partial charge in [-0.15, -0.1) is 10.2 Å². The molecule has 0 aromatic carbocycles. The Morgan fingerprint density at radius 3 is 2.28 bits per heavy atom. The number of alkyl halides is 1. The first-order valence-electron chi connectivity index (χ1n) is 11.8. The van der Waals surface area contributed by atoms with Gasteiger partial charge >= 0.3 is 6.09 Å². The highest BCUT2D eigenvalue weighted by Crippen LogP contribution is 2.26. The topological polar surface area (TPSA) is 130 Å². The van der Waals surface area contributed by atoms with Crippen LogP contribution in [0.5, 0.6) is 5.75 Å². The molecule has 0 spiro atoms. The van der Waals surface area contributed by atoms with Crippen molar-refractivity contribution >= 4 is 23.3 Å². The van der Waals surface area contributed by atoms with Crippen molar-refractivity contribution in [2.24, 2.45) is 5.73 Å². The number of amides is 2. The molecule has 10 nitrogen and oxygen atoms in total. The fraction of sp³-hybridized carbons (Fsp3) is 0.423. The van der Waals surface area contributed by atoms with Gasteiger partial charge in [-0.05, 0) is 39.3 Å². The Morgan fingerprint density at radius 1 is 1.23 bits per heavy atom. The van der Waals surface area contributed by atoms with Gasteiger partial charge in [0.05, 0.1) is 19.9 Å². The number of carbonyl (C=O) groups excluding carboxylic acids is 2. The molecule has 0 aliphatic heterocycles. The van der Waals surface area contributed by atoms with Gasteiger partial charge in [0.1, 0.15) is 16.4 Å². The van der Waals surface area contributed by atoms with Crippen molar-refractivity contribution in [3.63, 3.8) is 0 Å². The maximum atomic E-state index is 13.1. The van der Waals surface area contributed by atoms with Gasteiger partial charge in [0.2, 0.25) is 5.43 Å². The molecule has 0 aliphatic rings. The Morgan fingerprint density at radius 2 is 1.82 bits per heavy atom. The van der Waals surface area contributed by atoms with E-state index in [0.29, 0.717) is 18.6 Å². The Labute approximate surface area is 231 Å². The summed E-state index contributed by atoms with van der Waals surface area (Å²) in [5.41, 5.74) is 4.49. The minimum atomic E-state index is -0.988. The summed E-state index contributed by atoms with van der Waals surface area (Å²) in [6.07, 6.45) is 5.37. The number of rotatable bonds is 8. The predicted octanol–water partition coefficient (Wildman–Crippen LogP) is 5.12. The van der Waals surface area contributed by atoms with Crippen molar-refractivity contribution in [1.29, 1.82) is 0 Å². The first kappa shape index (κ1) is 35.1. The van der Waals surface area contributed by atoms with Crippen LogP contribution < -0.4 is 20.9 Å². The second-order valence-corrected chi connectivity index (χ2v) is 9.35. The van der Waals surface area contributed by atoms with Crippen molar-refractivity contribution in [3.8, 4) is 16.3 Å². The molecule has 0 saturated carbocycles. The number of ether oxygens (including phenoxy) is 2. The highest BCUT2D eigenvalue weighted by Gasteiger charge is 2.28. The summed E-state index contributed by atoms with van der Waals surface area (Å²) in [7, 11) is 3.06. The molecule has 13 heteroatoms.